The molecule has 1 N–H and O–H groups in total. The van der Waals surface area contributed by atoms with E-state index < -0.39 is 12.1 Å². The summed E-state index contributed by atoms with van der Waals surface area (Å²) in [5, 5.41) is 2.84. The number of ether oxygens (including phenoxy) is 1. The lowest BCUT2D eigenvalue weighted by Crippen LogP contribution is -2.29. The number of hydrogen-bond donors (Lipinski definition) is 1. The van der Waals surface area contributed by atoms with Gasteiger partial charge >= 0.3 is 5.97 Å². The predicted molar refractivity (Wildman–Crippen MR) is 105 cm³/mol. The van der Waals surface area contributed by atoms with Gasteiger partial charge in [0.25, 0.3) is 5.91 Å². The first kappa shape index (κ1) is 20.0. The normalized spacial score (nSPS) is 13.4. The van der Waals surface area contributed by atoms with E-state index in [4.69, 9.17) is 9.15 Å². The number of esters is 1. The summed E-state index contributed by atoms with van der Waals surface area (Å²) in [6, 6.07) is 11.1. The average Bonchev–Trinajstić information content (AvgIpc) is 3.05. The van der Waals surface area contributed by atoms with Gasteiger partial charge in [0.15, 0.2) is 10.8 Å². The molecule has 0 bridgehead atoms. The lowest BCUT2D eigenvalue weighted by molar-refractivity contribution is -0.148. The molecule has 1 aromatic heterocycles. The molecule has 138 valence electrons. The summed E-state index contributed by atoms with van der Waals surface area (Å²) in [6.45, 7) is 5.74. The van der Waals surface area contributed by atoms with Crippen molar-refractivity contribution in [3.63, 3.8) is 0 Å². The maximum absolute atomic E-state index is 12.4. The molecule has 0 fully saturated rings. The first-order valence-electron chi connectivity index (χ1n) is 8.44. The molecule has 2 atom stereocenters. The maximum Gasteiger partial charge on any atom is 0.331 e. The van der Waals surface area contributed by atoms with E-state index in [1.165, 1.54) is 19.1 Å². The van der Waals surface area contributed by atoms with Crippen LogP contribution in [0.25, 0.3) is 6.08 Å². The van der Waals surface area contributed by atoms with Crippen LogP contribution in [0.4, 0.5) is 5.69 Å². The first-order chi connectivity index (χ1) is 12.4. The van der Waals surface area contributed by atoms with Gasteiger partial charge in [-0.3, -0.25) is 4.79 Å². The van der Waals surface area contributed by atoms with Crippen molar-refractivity contribution in [1.29, 1.82) is 0 Å². The van der Waals surface area contributed by atoms with E-state index >= 15 is 0 Å². The van der Waals surface area contributed by atoms with E-state index in [2.05, 4.69) is 35.1 Å². The molecule has 6 heteroatoms. The van der Waals surface area contributed by atoms with Crippen LogP contribution in [-0.2, 0) is 14.3 Å². The highest BCUT2D eigenvalue weighted by Gasteiger charge is 2.18. The van der Waals surface area contributed by atoms with E-state index in [0.717, 1.165) is 17.7 Å². The van der Waals surface area contributed by atoms with E-state index in [1.54, 1.807) is 12.1 Å². The summed E-state index contributed by atoms with van der Waals surface area (Å²) >= 11 is 3.18. The summed E-state index contributed by atoms with van der Waals surface area (Å²) in [4.78, 5) is 24.2. The monoisotopic (exact) mass is 419 g/mol. The summed E-state index contributed by atoms with van der Waals surface area (Å²) < 4.78 is 11.0. The van der Waals surface area contributed by atoms with Crippen molar-refractivity contribution in [3.05, 3.63) is 58.5 Å². The summed E-state index contributed by atoms with van der Waals surface area (Å²) in [7, 11) is 0. The largest absolute Gasteiger partial charge is 0.450 e. The van der Waals surface area contributed by atoms with Crippen molar-refractivity contribution >= 4 is 39.6 Å². The van der Waals surface area contributed by atoms with Crippen LogP contribution in [0, 0.1) is 0 Å². The van der Waals surface area contributed by atoms with Crippen LogP contribution in [0.5, 0.6) is 0 Å². The summed E-state index contributed by atoms with van der Waals surface area (Å²) in [5.41, 5.74) is 1.80. The Balaban J connectivity index is 1.95. The van der Waals surface area contributed by atoms with Crippen molar-refractivity contribution in [2.45, 2.75) is 39.2 Å². The fraction of sp³-hybridized carbons (Fsp3) is 0.300. The van der Waals surface area contributed by atoms with E-state index in [0.29, 0.717) is 16.3 Å². The lowest BCUT2D eigenvalue weighted by atomic mass is 9.97. The van der Waals surface area contributed by atoms with Gasteiger partial charge in [0.2, 0.25) is 0 Å². The SMILES string of the molecule is CC[C@H](C)c1ccccc1NC(=O)[C@H](C)OC(=O)/C=C/c1ccc(Br)o1. The van der Waals surface area contributed by atoms with E-state index in [1.807, 2.05) is 24.3 Å². The van der Waals surface area contributed by atoms with Gasteiger partial charge in [0.1, 0.15) is 5.76 Å². The Labute approximate surface area is 161 Å². The molecule has 1 amide bonds. The molecule has 5 nitrogen and oxygen atoms in total. The predicted octanol–water partition coefficient (Wildman–Crippen LogP) is 5.14. The second-order valence-electron chi connectivity index (χ2n) is 5.94. The molecule has 2 aromatic rings. The molecule has 1 heterocycles. The highest BCUT2D eigenvalue weighted by atomic mass is 79.9. The Morgan fingerprint density at radius 3 is 2.62 bits per heavy atom. The number of anilines is 1. The van der Waals surface area contributed by atoms with Gasteiger partial charge in [0.05, 0.1) is 0 Å². The number of para-hydroxylation sites is 1. The lowest BCUT2D eigenvalue weighted by Gasteiger charge is -2.17. The Morgan fingerprint density at radius 1 is 1.23 bits per heavy atom. The summed E-state index contributed by atoms with van der Waals surface area (Å²) in [5.74, 6) is -0.160. The van der Waals surface area contributed by atoms with Crippen molar-refractivity contribution in [1.82, 2.24) is 0 Å². The van der Waals surface area contributed by atoms with E-state index in [-0.39, 0.29) is 5.91 Å². The highest BCUT2D eigenvalue weighted by molar-refractivity contribution is 9.10. The zero-order valence-electron chi connectivity index (χ0n) is 15.0. The number of benzene rings is 1. The molecule has 0 spiro atoms. The molecule has 2 rings (SSSR count). The van der Waals surface area contributed by atoms with Crippen LogP contribution in [0.15, 0.2) is 51.6 Å². The molecule has 0 saturated carbocycles. The van der Waals surface area contributed by atoms with E-state index in [9.17, 15) is 9.59 Å². The number of furan rings is 1. The third kappa shape index (κ3) is 5.59. The highest BCUT2D eigenvalue weighted by Crippen LogP contribution is 2.26. The second-order valence-corrected chi connectivity index (χ2v) is 6.72. The molecule has 0 unspecified atom stereocenters. The Hall–Kier alpha value is -2.34. The molecule has 0 aliphatic carbocycles. The van der Waals surface area contributed by atoms with Gasteiger partial charge in [-0.1, -0.05) is 32.0 Å². The van der Waals surface area contributed by atoms with Gasteiger partial charge in [-0.15, -0.1) is 0 Å². The second kappa shape index (κ2) is 9.38. The maximum atomic E-state index is 12.4. The fourth-order valence-corrected chi connectivity index (χ4v) is 2.65. The minimum atomic E-state index is -0.916. The molecule has 1 aromatic carbocycles. The van der Waals surface area contributed by atoms with Crippen LogP contribution in [0.2, 0.25) is 0 Å². The van der Waals surface area contributed by atoms with Gasteiger partial charge < -0.3 is 14.5 Å². The van der Waals surface area contributed by atoms with Crippen molar-refractivity contribution in [2.24, 2.45) is 0 Å². The standard InChI is InChI=1S/C20H22BrNO4/c1-4-13(2)16-7-5-6-8-17(16)22-20(24)14(3)25-19(23)12-10-15-9-11-18(21)26-15/h5-14H,4H2,1-3H3,(H,22,24)/b12-10+/t13-,14-/m0/s1. The number of hydrogen-bond acceptors (Lipinski definition) is 4. The number of carbonyl (C=O) groups is 2. The van der Waals surface area contributed by atoms with Gasteiger partial charge in [0, 0.05) is 11.8 Å². The fourth-order valence-electron chi connectivity index (χ4n) is 2.33. The van der Waals surface area contributed by atoms with Crippen LogP contribution in [0.1, 0.15) is 44.4 Å². The van der Waals surface area contributed by atoms with Crippen molar-refractivity contribution in [3.8, 4) is 0 Å². The molecule has 0 aliphatic heterocycles. The van der Waals surface area contributed by atoms with Gasteiger partial charge in [-0.2, -0.15) is 0 Å². The third-order valence-electron chi connectivity index (χ3n) is 4.00. The van der Waals surface area contributed by atoms with Gasteiger partial charge in [-0.05, 0) is 65.0 Å². The average molecular weight is 420 g/mol. The number of amides is 1. The van der Waals surface area contributed by atoms with Crippen molar-refractivity contribution < 1.29 is 18.7 Å². The zero-order chi connectivity index (χ0) is 19.1. The zero-order valence-corrected chi connectivity index (χ0v) is 16.6. The van der Waals surface area contributed by atoms with Crippen LogP contribution >= 0.6 is 15.9 Å². The van der Waals surface area contributed by atoms with Gasteiger partial charge in [-0.25, -0.2) is 4.79 Å². The molecular weight excluding hydrogens is 398 g/mol. The quantitative estimate of drug-likeness (QED) is 0.498. The first-order valence-corrected chi connectivity index (χ1v) is 9.23. The molecule has 0 radical (unpaired) electrons. The molecule has 0 aliphatic rings. The number of rotatable bonds is 7. The summed E-state index contributed by atoms with van der Waals surface area (Å²) in [6.07, 6.45) is 2.75. The minimum Gasteiger partial charge on any atom is -0.450 e. The van der Waals surface area contributed by atoms with Crippen LogP contribution in [-0.4, -0.2) is 18.0 Å². The molecule has 0 saturated heterocycles. The smallest absolute Gasteiger partial charge is 0.331 e. The Morgan fingerprint density at radius 2 is 1.96 bits per heavy atom. The Bertz CT molecular complexity index is 797. The number of carbonyl (C=O) groups excluding carboxylic acids is 2. The number of nitrogens with one attached hydrogen (secondary N) is 1. The van der Waals surface area contributed by atoms with Crippen molar-refractivity contribution in [2.75, 3.05) is 5.32 Å². The topological polar surface area (TPSA) is 68.5 Å². The molecular formula is C20H22BrNO4. The Kier molecular flexibility index (Phi) is 7.21. The minimum absolute atomic E-state index is 0.319. The van der Waals surface area contributed by atoms with Crippen LogP contribution < -0.4 is 5.32 Å². The van der Waals surface area contributed by atoms with Crippen LogP contribution in [0.3, 0.4) is 0 Å². The molecule has 26 heavy (non-hydrogen) atoms. The third-order valence-corrected chi connectivity index (χ3v) is 4.43. The number of halogens is 1.